The van der Waals surface area contributed by atoms with E-state index in [4.69, 9.17) is 15.0 Å². The van der Waals surface area contributed by atoms with Gasteiger partial charge in [0, 0.05) is 18.7 Å². The van der Waals surface area contributed by atoms with Gasteiger partial charge in [0.05, 0.1) is 17.0 Å². The van der Waals surface area contributed by atoms with Crippen LogP contribution < -0.4 is 4.65 Å². The molecule has 120 valence electrons. The number of Topliss-reactive ketones (excluding diaryl/α,β-unsaturated/α-hetero) is 1. The number of carboxylic acids is 1. The molecule has 0 fully saturated rings. The fourth-order valence-electron chi connectivity index (χ4n) is 2.72. The fourth-order valence-corrected chi connectivity index (χ4v) is 2.72. The number of rotatable bonds is 5. The van der Waals surface area contributed by atoms with Crippen LogP contribution in [0.25, 0.3) is 0 Å². The van der Waals surface area contributed by atoms with E-state index in [1.54, 1.807) is 26.0 Å². The van der Waals surface area contributed by atoms with Crippen LogP contribution in [0.2, 0.25) is 5.82 Å². The van der Waals surface area contributed by atoms with Gasteiger partial charge in [-0.15, -0.1) is 0 Å². The molecule has 0 radical (unpaired) electrons. The van der Waals surface area contributed by atoms with Crippen LogP contribution in [0.1, 0.15) is 42.6 Å². The molecule has 6 nitrogen and oxygen atoms in total. The zero-order valence-electron chi connectivity index (χ0n) is 13.1. The number of fused-ring (bicyclic) bond motifs is 1. The predicted molar refractivity (Wildman–Crippen MR) is 83.1 cm³/mol. The van der Waals surface area contributed by atoms with Crippen LogP contribution in [0.15, 0.2) is 18.2 Å². The number of benzene rings is 1. The molecule has 7 heteroatoms. The standard InChI is InChI=1S/C16H18BNO5/c1-16(2,9-18)8-12(19)7-11-6-10-4-3-5-13(15(20)21)14(10)23-17(11)22/h3-5,11,22H,6-8H2,1-2H3,(H,20,21)/t11-/m1/s1. The maximum Gasteiger partial charge on any atom is 0.526 e. The van der Waals surface area contributed by atoms with Crippen LogP contribution in [-0.2, 0) is 11.2 Å². The Morgan fingerprint density at radius 3 is 2.78 bits per heavy atom. The topological polar surface area (TPSA) is 108 Å². The first kappa shape index (κ1) is 17.0. The zero-order chi connectivity index (χ0) is 17.2. The summed E-state index contributed by atoms with van der Waals surface area (Å²) in [7, 11) is -1.24. The van der Waals surface area contributed by atoms with Crippen molar-refractivity contribution >= 4 is 18.9 Å². The van der Waals surface area contributed by atoms with E-state index in [0.29, 0.717) is 12.0 Å². The normalized spacial score (nSPS) is 17.0. The van der Waals surface area contributed by atoms with Crippen LogP contribution in [0, 0.1) is 16.7 Å². The van der Waals surface area contributed by atoms with Gasteiger partial charge in [0.2, 0.25) is 0 Å². The Balaban J connectivity index is 2.13. The molecule has 1 heterocycles. The molecule has 0 unspecified atom stereocenters. The highest BCUT2D eigenvalue weighted by molar-refractivity contribution is 6.47. The molecule has 1 aliphatic heterocycles. The summed E-state index contributed by atoms with van der Waals surface area (Å²) in [6.07, 6.45) is 0.550. The minimum atomic E-state index is -1.24. The van der Waals surface area contributed by atoms with Gasteiger partial charge in [-0.05, 0) is 31.9 Å². The van der Waals surface area contributed by atoms with Crippen molar-refractivity contribution in [2.75, 3.05) is 0 Å². The lowest BCUT2D eigenvalue weighted by Crippen LogP contribution is -2.36. The van der Waals surface area contributed by atoms with Crippen molar-refractivity contribution in [2.24, 2.45) is 5.41 Å². The number of carbonyl (C=O) groups excluding carboxylic acids is 1. The van der Waals surface area contributed by atoms with Crippen LogP contribution in [0.5, 0.6) is 5.75 Å². The van der Waals surface area contributed by atoms with E-state index in [2.05, 4.69) is 6.07 Å². The Bertz CT molecular complexity index is 680. The predicted octanol–water partition coefficient (Wildman–Crippen LogP) is 2.07. The van der Waals surface area contributed by atoms with E-state index >= 15 is 0 Å². The number of aromatic carboxylic acids is 1. The van der Waals surface area contributed by atoms with E-state index < -0.39 is 24.3 Å². The highest BCUT2D eigenvalue weighted by atomic mass is 16.5. The van der Waals surface area contributed by atoms with Crippen molar-refractivity contribution in [1.82, 2.24) is 0 Å². The molecule has 2 rings (SSSR count). The third kappa shape index (κ3) is 3.90. The van der Waals surface area contributed by atoms with Gasteiger partial charge in [-0.25, -0.2) is 4.79 Å². The Hall–Kier alpha value is -2.33. The summed E-state index contributed by atoms with van der Waals surface area (Å²) in [5.41, 5.74) is -0.0872. The minimum absolute atomic E-state index is 0.00283. The van der Waals surface area contributed by atoms with Gasteiger partial charge in [-0.2, -0.15) is 5.26 Å². The number of para-hydroxylation sites is 1. The van der Waals surface area contributed by atoms with Crippen molar-refractivity contribution in [3.05, 3.63) is 29.3 Å². The molecule has 0 aromatic heterocycles. The molecule has 23 heavy (non-hydrogen) atoms. The molecule has 0 amide bonds. The average molecular weight is 315 g/mol. The summed E-state index contributed by atoms with van der Waals surface area (Å²) in [5.74, 6) is -1.54. The Morgan fingerprint density at radius 2 is 2.17 bits per heavy atom. The van der Waals surface area contributed by atoms with Crippen molar-refractivity contribution in [1.29, 1.82) is 5.26 Å². The average Bonchev–Trinajstić information content (AvgIpc) is 2.46. The highest BCUT2D eigenvalue weighted by Crippen LogP contribution is 2.37. The Labute approximate surface area is 134 Å². The molecule has 0 bridgehead atoms. The summed E-state index contributed by atoms with van der Waals surface area (Å²) >= 11 is 0. The maximum atomic E-state index is 12.1. The quantitative estimate of drug-likeness (QED) is 0.805. The van der Waals surface area contributed by atoms with Crippen molar-refractivity contribution < 1.29 is 24.4 Å². The highest BCUT2D eigenvalue weighted by Gasteiger charge is 2.38. The molecule has 0 aliphatic carbocycles. The summed E-state index contributed by atoms with van der Waals surface area (Å²) in [6, 6.07) is 6.83. The van der Waals surface area contributed by atoms with Gasteiger partial charge in [0.15, 0.2) is 0 Å². The molecule has 1 aromatic carbocycles. The number of carboxylic acid groups (broad SMARTS) is 1. The number of nitrogens with zero attached hydrogens (tertiary/aromatic N) is 1. The van der Waals surface area contributed by atoms with E-state index in [-0.39, 0.29) is 29.9 Å². The Morgan fingerprint density at radius 1 is 1.48 bits per heavy atom. The lowest BCUT2D eigenvalue weighted by atomic mass is 9.64. The van der Waals surface area contributed by atoms with E-state index in [1.807, 2.05) is 0 Å². The van der Waals surface area contributed by atoms with Crippen molar-refractivity contribution in [3.8, 4) is 11.8 Å². The molecule has 1 aliphatic rings. The van der Waals surface area contributed by atoms with Gasteiger partial charge >= 0.3 is 13.1 Å². The summed E-state index contributed by atoms with van der Waals surface area (Å²) < 4.78 is 5.35. The molecule has 0 spiro atoms. The van der Waals surface area contributed by atoms with Crippen LogP contribution >= 0.6 is 0 Å². The molecule has 0 saturated heterocycles. The lowest BCUT2D eigenvalue weighted by molar-refractivity contribution is -0.120. The summed E-state index contributed by atoms with van der Waals surface area (Å²) in [4.78, 5) is 23.3. The number of carbonyl (C=O) groups is 2. The van der Waals surface area contributed by atoms with Gasteiger partial charge in [0.1, 0.15) is 11.5 Å². The largest absolute Gasteiger partial charge is 0.535 e. The second-order valence-electron chi connectivity index (χ2n) is 6.49. The molecule has 1 atom stereocenters. The summed E-state index contributed by atoms with van der Waals surface area (Å²) in [6.45, 7) is 3.38. The molecular formula is C16H18BNO5. The third-order valence-corrected chi connectivity index (χ3v) is 3.88. The smallest absolute Gasteiger partial charge is 0.526 e. The van der Waals surface area contributed by atoms with Crippen LogP contribution in [0.3, 0.4) is 0 Å². The van der Waals surface area contributed by atoms with Gasteiger partial charge in [-0.3, -0.25) is 4.79 Å². The monoisotopic (exact) mass is 315 g/mol. The SMILES string of the molecule is CC(C)(C#N)CC(=O)C[C@H]1Cc2cccc(C(=O)O)c2OB1O. The van der Waals surface area contributed by atoms with Gasteiger partial charge < -0.3 is 14.8 Å². The first-order valence-corrected chi connectivity index (χ1v) is 7.36. The maximum absolute atomic E-state index is 12.1. The molecular weight excluding hydrogens is 297 g/mol. The van der Waals surface area contributed by atoms with Crippen LogP contribution in [0.4, 0.5) is 0 Å². The second kappa shape index (κ2) is 6.43. The Kier molecular flexibility index (Phi) is 4.76. The van der Waals surface area contributed by atoms with Crippen LogP contribution in [-0.4, -0.2) is 29.0 Å². The molecule has 0 saturated carbocycles. The number of hydrogen-bond acceptors (Lipinski definition) is 5. The minimum Gasteiger partial charge on any atom is -0.535 e. The zero-order valence-corrected chi connectivity index (χ0v) is 13.1. The van der Waals surface area contributed by atoms with Gasteiger partial charge in [-0.1, -0.05) is 12.1 Å². The van der Waals surface area contributed by atoms with Crippen molar-refractivity contribution in [2.45, 2.75) is 38.9 Å². The molecule has 2 N–H and O–H groups in total. The van der Waals surface area contributed by atoms with E-state index in [0.717, 1.165) is 0 Å². The second-order valence-corrected chi connectivity index (χ2v) is 6.49. The van der Waals surface area contributed by atoms with Gasteiger partial charge in [0.25, 0.3) is 0 Å². The number of hydrogen-bond donors (Lipinski definition) is 2. The third-order valence-electron chi connectivity index (χ3n) is 3.88. The fraction of sp³-hybridized carbons (Fsp3) is 0.438. The van der Waals surface area contributed by atoms with E-state index in [1.165, 1.54) is 6.07 Å². The first-order valence-electron chi connectivity index (χ1n) is 7.36. The van der Waals surface area contributed by atoms with E-state index in [9.17, 15) is 14.6 Å². The summed E-state index contributed by atoms with van der Waals surface area (Å²) in [5, 5.41) is 28.2. The van der Waals surface area contributed by atoms with Crippen molar-refractivity contribution in [3.63, 3.8) is 0 Å². The molecule has 1 aromatic rings. The lowest BCUT2D eigenvalue weighted by Gasteiger charge is -2.28. The first-order chi connectivity index (χ1) is 10.7. The number of ketones is 1. The number of nitriles is 1.